The molecule has 0 aliphatic carbocycles. The zero-order valence-corrected chi connectivity index (χ0v) is 7.82. The van der Waals surface area contributed by atoms with E-state index >= 15 is 0 Å². The van der Waals surface area contributed by atoms with E-state index in [4.69, 9.17) is 5.11 Å². The van der Waals surface area contributed by atoms with Gasteiger partial charge in [-0.25, -0.2) is 4.79 Å². The molecule has 0 rings (SSSR count). The summed E-state index contributed by atoms with van der Waals surface area (Å²) >= 11 is 1.13. The third-order valence-electron chi connectivity index (χ3n) is 0.823. The molecule has 0 aromatic rings. The summed E-state index contributed by atoms with van der Waals surface area (Å²) in [5.41, 5.74) is 2.51. The molecule has 0 heterocycles. The number of carbonyl (C=O) groups excluding carboxylic acids is 1. The maximum atomic E-state index is 10.5. The van der Waals surface area contributed by atoms with Gasteiger partial charge >= 0.3 is 5.97 Å². The number of carbonyl (C=O) groups is 1. The number of rotatable bonds is 4. The molecule has 1 unspecified atom stereocenters. The van der Waals surface area contributed by atoms with E-state index in [0.29, 0.717) is 12.3 Å². The molecule has 0 aromatic heterocycles. The Labute approximate surface area is 75.9 Å². The minimum atomic E-state index is -1.05. The van der Waals surface area contributed by atoms with E-state index in [1.54, 1.807) is 0 Å². The molecule has 0 aliphatic rings. The van der Waals surface area contributed by atoms with Gasteiger partial charge in [0.1, 0.15) is 0 Å². The third kappa shape index (κ3) is 6.43. The predicted molar refractivity (Wildman–Crippen MR) is 38.2 cm³/mol. The number of aliphatic hydroxyl groups is 1. The van der Waals surface area contributed by atoms with Crippen LogP contribution in [0, 0.1) is 0 Å². The number of hydrogen-bond donors (Lipinski definition) is 2. The lowest BCUT2D eigenvalue weighted by molar-refractivity contribution is -0.360. The van der Waals surface area contributed by atoms with E-state index in [-0.39, 0.29) is 12.4 Å². The number of halogens is 1. The topological polar surface area (TPSA) is 74.2 Å². The molecule has 0 saturated heterocycles. The molecular formula is C5H12ClNO3S. The van der Waals surface area contributed by atoms with Gasteiger partial charge in [-0.15, -0.1) is 11.8 Å². The van der Waals surface area contributed by atoms with Gasteiger partial charge < -0.3 is 28.0 Å². The summed E-state index contributed by atoms with van der Waals surface area (Å²) in [6.07, 6.45) is 0. The van der Waals surface area contributed by atoms with E-state index in [1.165, 1.54) is 7.11 Å². The largest absolute Gasteiger partial charge is 1.00 e. The van der Waals surface area contributed by atoms with Gasteiger partial charge in [-0.05, 0) is 0 Å². The van der Waals surface area contributed by atoms with Gasteiger partial charge in [-0.1, -0.05) is 0 Å². The van der Waals surface area contributed by atoms with Crippen LogP contribution < -0.4 is 18.1 Å². The van der Waals surface area contributed by atoms with E-state index < -0.39 is 11.4 Å². The lowest BCUT2D eigenvalue weighted by atomic mass is 10.7. The van der Waals surface area contributed by atoms with Crippen molar-refractivity contribution in [1.29, 1.82) is 0 Å². The van der Waals surface area contributed by atoms with Crippen LogP contribution in [0.15, 0.2) is 0 Å². The molecular weight excluding hydrogens is 190 g/mol. The zero-order chi connectivity index (χ0) is 7.98. The van der Waals surface area contributed by atoms with Crippen molar-refractivity contribution in [2.45, 2.75) is 5.44 Å². The second-order valence-electron chi connectivity index (χ2n) is 1.60. The van der Waals surface area contributed by atoms with E-state index in [2.05, 4.69) is 10.5 Å². The molecule has 4 N–H and O–H groups in total. The summed E-state index contributed by atoms with van der Waals surface area (Å²) < 4.78 is 4.28. The normalized spacial score (nSPS) is 11.5. The molecule has 11 heavy (non-hydrogen) atoms. The zero-order valence-electron chi connectivity index (χ0n) is 6.25. The number of quaternary nitrogens is 1. The number of ether oxygens (including phenoxy) is 1. The van der Waals surface area contributed by atoms with Crippen LogP contribution in [0.5, 0.6) is 0 Å². The number of hydrogen-bond acceptors (Lipinski definition) is 4. The van der Waals surface area contributed by atoms with Crippen molar-refractivity contribution in [3.8, 4) is 0 Å². The first-order valence-corrected chi connectivity index (χ1v) is 3.94. The van der Waals surface area contributed by atoms with Crippen LogP contribution in [0.3, 0.4) is 0 Å². The first-order valence-electron chi connectivity index (χ1n) is 2.89. The fourth-order valence-electron chi connectivity index (χ4n) is 0.364. The van der Waals surface area contributed by atoms with Crippen molar-refractivity contribution >= 4 is 17.7 Å². The molecule has 0 spiro atoms. The maximum Gasteiger partial charge on any atom is 0.345 e. The van der Waals surface area contributed by atoms with Gasteiger partial charge in [0.25, 0.3) is 0 Å². The summed E-state index contributed by atoms with van der Waals surface area (Å²) in [6.45, 7) is 0.693. The predicted octanol–water partition coefficient (Wildman–Crippen LogP) is -4.54. The van der Waals surface area contributed by atoms with Crippen LogP contribution >= 0.6 is 11.8 Å². The molecule has 4 nitrogen and oxygen atoms in total. The Morgan fingerprint density at radius 1 is 1.82 bits per heavy atom. The van der Waals surface area contributed by atoms with E-state index in [9.17, 15) is 4.79 Å². The quantitative estimate of drug-likeness (QED) is 0.355. The van der Waals surface area contributed by atoms with Crippen LogP contribution in [0.1, 0.15) is 0 Å². The van der Waals surface area contributed by atoms with Crippen LogP contribution in [-0.4, -0.2) is 35.9 Å². The molecule has 6 heteroatoms. The second kappa shape index (κ2) is 8.13. The fourth-order valence-corrected chi connectivity index (χ4v) is 0.986. The SMILES string of the molecule is COC(=O)C(O)SCC[NH3+].[Cl-]. The van der Waals surface area contributed by atoms with Crippen molar-refractivity contribution in [2.24, 2.45) is 0 Å². The number of esters is 1. The summed E-state index contributed by atoms with van der Waals surface area (Å²) in [5.74, 6) is 0.0643. The van der Waals surface area contributed by atoms with Crippen molar-refractivity contribution in [1.82, 2.24) is 0 Å². The van der Waals surface area contributed by atoms with Crippen molar-refractivity contribution in [3.63, 3.8) is 0 Å². The Morgan fingerprint density at radius 3 is 2.73 bits per heavy atom. The third-order valence-corrected chi connectivity index (χ3v) is 1.86. The highest BCUT2D eigenvalue weighted by atomic mass is 35.5. The number of methoxy groups -OCH3 is 1. The van der Waals surface area contributed by atoms with Gasteiger partial charge in [0.05, 0.1) is 13.7 Å². The highest BCUT2D eigenvalue weighted by Crippen LogP contribution is 2.06. The van der Waals surface area contributed by atoms with Gasteiger partial charge in [-0.2, -0.15) is 0 Å². The van der Waals surface area contributed by atoms with Crippen LogP contribution in [0.2, 0.25) is 0 Å². The summed E-state index contributed by atoms with van der Waals surface area (Å²) in [4.78, 5) is 10.5. The molecule has 0 aliphatic heterocycles. The Kier molecular flexibility index (Phi) is 10.1. The van der Waals surface area contributed by atoms with Crippen LogP contribution in [0.4, 0.5) is 0 Å². The van der Waals surface area contributed by atoms with Gasteiger partial charge in [0.15, 0.2) is 5.44 Å². The van der Waals surface area contributed by atoms with Crippen molar-refractivity contribution in [2.75, 3.05) is 19.4 Å². The van der Waals surface area contributed by atoms with E-state index in [0.717, 1.165) is 11.8 Å². The average molecular weight is 202 g/mol. The monoisotopic (exact) mass is 201 g/mol. The standard InChI is InChI=1S/C5H11NO3S.ClH/c1-9-4(7)5(8)10-3-2-6;/h5,8H,2-3,6H2,1H3;1H. The van der Waals surface area contributed by atoms with Crippen molar-refractivity contribution in [3.05, 3.63) is 0 Å². The maximum absolute atomic E-state index is 10.5. The Bertz CT molecular complexity index is 114. The highest BCUT2D eigenvalue weighted by Gasteiger charge is 2.14. The number of thioether (sulfide) groups is 1. The summed E-state index contributed by atoms with van der Waals surface area (Å²) in [6, 6.07) is 0. The molecule has 0 aromatic carbocycles. The molecule has 0 fully saturated rings. The lowest BCUT2D eigenvalue weighted by Crippen LogP contribution is -3.00. The highest BCUT2D eigenvalue weighted by molar-refractivity contribution is 8.00. The first-order chi connectivity index (χ1) is 4.72. The van der Waals surface area contributed by atoms with Crippen LogP contribution in [-0.2, 0) is 9.53 Å². The Hall–Kier alpha value is 0.0300. The first kappa shape index (κ1) is 13.6. The minimum Gasteiger partial charge on any atom is -1.00 e. The smallest absolute Gasteiger partial charge is 0.345 e. The second-order valence-corrected chi connectivity index (χ2v) is 2.79. The molecule has 0 radical (unpaired) electrons. The van der Waals surface area contributed by atoms with Crippen LogP contribution in [0.25, 0.3) is 0 Å². The fraction of sp³-hybridized carbons (Fsp3) is 0.800. The molecule has 1 atom stereocenters. The lowest BCUT2D eigenvalue weighted by Gasteiger charge is -2.04. The van der Waals surface area contributed by atoms with Gasteiger partial charge in [-0.3, -0.25) is 0 Å². The molecule has 0 bridgehead atoms. The summed E-state index contributed by atoms with van der Waals surface area (Å²) in [5, 5.41) is 8.91. The molecule has 0 amide bonds. The molecule has 0 saturated carbocycles. The minimum absolute atomic E-state index is 0. The summed E-state index contributed by atoms with van der Waals surface area (Å²) in [7, 11) is 1.25. The van der Waals surface area contributed by atoms with Crippen molar-refractivity contribution < 1.29 is 32.8 Å². The number of aliphatic hydroxyl groups excluding tert-OH is 1. The van der Waals surface area contributed by atoms with E-state index in [1.807, 2.05) is 0 Å². The Balaban J connectivity index is 0. The van der Waals surface area contributed by atoms with Gasteiger partial charge in [0, 0.05) is 5.75 Å². The average Bonchev–Trinajstić information content (AvgIpc) is 1.98. The Morgan fingerprint density at radius 2 is 2.36 bits per heavy atom. The molecule has 68 valence electrons. The van der Waals surface area contributed by atoms with Gasteiger partial charge in [0.2, 0.25) is 0 Å².